The van der Waals surface area contributed by atoms with Crippen molar-refractivity contribution in [2.45, 2.75) is 45.2 Å². The van der Waals surface area contributed by atoms with Gasteiger partial charge in [-0.25, -0.2) is 4.98 Å². The van der Waals surface area contributed by atoms with Crippen molar-refractivity contribution in [3.8, 4) is 22.4 Å². The molecular formula is C34H37N7O3. The average Bonchev–Trinajstić information content (AvgIpc) is 3.65. The molecule has 3 heterocycles. The van der Waals surface area contributed by atoms with Crippen LogP contribution in [0.15, 0.2) is 96.4 Å². The van der Waals surface area contributed by atoms with E-state index in [9.17, 15) is 14.4 Å². The largest absolute Gasteiger partial charge is 0.339 e. The summed E-state index contributed by atoms with van der Waals surface area (Å²) in [5.74, 6) is -0.645. The predicted molar refractivity (Wildman–Crippen MR) is 171 cm³/mol. The first-order valence-corrected chi connectivity index (χ1v) is 14.7. The number of rotatable bonds is 11. The quantitative estimate of drug-likeness (QED) is 0.225. The zero-order valence-electron chi connectivity index (χ0n) is 25.4. The van der Waals surface area contributed by atoms with Gasteiger partial charge in [0.2, 0.25) is 5.91 Å². The minimum absolute atomic E-state index is 0.0175. The molecule has 5 rings (SSSR count). The van der Waals surface area contributed by atoms with Crippen LogP contribution in [-0.2, 0) is 25.3 Å². The molecule has 0 radical (unpaired) electrons. The molecular weight excluding hydrogens is 554 g/mol. The smallest absolute Gasteiger partial charge is 0.270 e. The van der Waals surface area contributed by atoms with Crippen molar-refractivity contribution < 1.29 is 9.59 Å². The summed E-state index contributed by atoms with van der Waals surface area (Å²) < 4.78 is 5.14. The lowest BCUT2D eigenvalue weighted by Gasteiger charge is -2.19. The van der Waals surface area contributed by atoms with Crippen molar-refractivity contribution >= 4 is 17.5 Å². The molecule has 0 saturated heterocycles. The molecule has 1 atom stereocenters. The van der Waals surface area contributed by atoms with Crippen LogP contribution in [0.4, 0.5) is 5.69 Å². The highest BCUT2D eigenvalue weighted by molar-refractivity contribution is 6.00. The Kier molecular flexibility index (Phi) is 9.18. The highest BCUT2D eigenvalue weighted by Crippen LogP contribution is 2.22. The second-order valence-electron chi connectivity index (χ2n) is 11.2. The molecule has 10 heteroatoms. The van der Waals surface area contributed by atoms with Crippen LogP contribution in [0.5, 0.6) is 0 Å². The van der Waals surface area contributed by atoms with Crippen LogP contribution in [0.1, 0.15) is 48.8 Å². The fourth-order valence-corrected chi connectivity index (χ4v) is 5.14. The van der Waals surface area contributed by atoms with E-state index in [1.54, 1.807) is 42.5 Å². The first kappa shape index (κ1) is 30.2. The monoisotopic (exact) mass is 591 g/mol. The zero-order valence-corrected chi connectivity index (χ0v) is 25.4. The number of anilines is 1. The Labute approximate surface area is 256 Å². The van der Waals surface area contributed by atoms with Crippen molar-refractivity contribution in [1.29, 1.82) is 0 Å². The van der Waals surface area contributed by atoms with Gasteiger partial charge in [-0.15, -0.1) is 0 Å². The molecule has 0 bridgehead atoms. The van der Waals surface area contributed by atoms with E-state index in [4.69, 9.17) is 0 Å². The summed E-state index contributed by atoms with van der Waals surface area (Å²) in [6.45, 7) is 3.97. The molecule has 44 heavy (non-hydrogen) atoms. The lowest BCUT2D eigenvalue weighted by atomic mass is 10.0. The van der Waals surface area contributed by atoms with Crippen molar-refractivity contribution in [2.24, 2.45) is 14.1 Å². The Morgan fingerprint density at radius 3 is 2.23 bits per heavy atom. The maximum Gasteiger partial charge on any atom is 0.270 e. The van der Waals surface area contributed by atoms with Gasteiger partial charge < -0.3 is 19.8 Å². The number of amides is 2. The molecule has 5 aromatic rings. The minimum Gasteiger partial charge on any atom is -0.339 e. The lowest BCUT2D eigenvalue weighted by Crippen LogP contribution is -2.44. The third kappa shape index (κ3) is 7.03. The molecule has 2 N–H and O–H groups in total. The first-order chi connectivity index (χ1) is 21.2. The Morgan fingerprint density at radius 2 is 1.59 bits per heavy atom. The van der Waals surface area contributed by atoms with Gasteiger partial charge in [-0.05, 0) is 79.6 Å². The van der Waals surface area contributed by atoms with Crippen LogP contribution in [0.3, 0.4) is 0 Å². The van der Waals surface area contributed by atoms with Crippen LogP contribution in [0, 0.1) is 0 Å². The Morgan fingerprint density at radius 1 is 0.886 bits per heavy atom. The number of hydrogen-bond donors (Lipinski definition) is 2. The number of carbonyl (C=O) groups is 2. The van der Waals surface area contributed by atoms with Crippen molar-refractivity contribution in [2.75, 3.05) is 5.32 Å². The van der Waals surface area contributed by atoms with Gasteiger partial charge in [0, 0.05) is 44.3 Å². The number of hydrogen-bond acceptors (Lipinski definition) is 5. The fourth-order valence-electron chi connectivity index (χ4n) is 5.14. The number of pyridine rings is 1. The first-order valence-electron chi connectivity index (χ1n) is 14.7. The van der Waals surface area contributed by atoms with E-state index < -0.39 is 6.04 Å². The van der Waals surface area contributed by atoms with E-state index in [1.807, 2.05) is 74.1 Å². The van der Waals surface area contributed by atoms with E-state index >= 15 is 0 Å². The Balaban J connectivity index is 1.25. The van der Waals surface area contributed by atoms with Gasteiger partial charge in [0.05, 0.1) is 18.2 Å². The number of aryl methyl sites for hydroxylation is 3. The Bertz CT molecular complexity index is 1800. The second-order valence-corrected chi connectivity index (χ2v) is 11.2. The summed E-state index contributed by atoms with van der Waals surface area (Å²) in [5, 5.41) is 9.94. The number of nitrogens with zero attached hydrogens (tertiary/aromatic N) is 5. The highest BCUT2D eigenvalue weighted by atomic mass is 16.2. The van der Waals surface area contributed by atoms with Crippen LogP contribution >= 0.6 is 0 Å². The maximum absolute atomic E-state index is 13.4. The second kappa shape index (κ2) is 13.4. The molecule has 0 aliphatic carbocycles. The molecule has 2 amide bonds. The molecule has 3 aromatic heterocycles. The van der Waals surface area contributed by atoms with Crippen molar-refractivity contribution in [3.63, 3.8) is 0 Å². The van der Waals surface area contributed by atoms with Crippen LogP contribution in [0.25, 0.3) is 22.4 Å². The molecule has 2 aromatic carbocycles. The molecule has 0 unspecified atom stereocenters. The SMILES string of the molecule is CC(C)n1cc(-c2ccc(CCC[C@H](NC(=O)c3ccnn3C)C(=O)Nc3ccc(-c4cncn4C)cc3)cc2)ccc1=O. The van der Waals surface area contributed by atoms with Gasteiger partial charge in [-0.1, -0.05) is 36.4 Å². The number of imidazole rings is 1. The molecule has 0 aliphatic heterocycles. The normalized spacial score (nSPS) is 11.8. The fraction of sp³-hybridized carbons (Fsp3) is 0.265. The van der Waals surface area contributed by atoms with E-state index in [1.165, 1.54) is 4.68 Å². The molecule has 0 aliphatic rings. The van der Waals surface area contributed by atoms with Gasteiger partial charge in [-0.3, -0.25) is 19.1 Å². The van der Waals surface area contributed by atoms with E-state index in [-0.39, 0.29) is 23.4 Å². The van der Waals surface area contributed by atoms with E-state index in [2.05, 4.69) is 32.8 Å². The summed E-state index contributed by atoms with van der Waals surface area (Å²) >= 11 is 0. The Hall–Kier alpha value is -5.25. The van der Waals surface area contributed by atoms with Gasteiger partial charge in [0.15, 0.2) is 0 Å². The summed E-state index contributed by atoms with van der Waals surface area (Å²) in [6, 6.07) is 20.2. The molecule has 0 saturated carbocycles. The standard InChI is InChI=1S/C34H37N7O3/c1-23(2)41-21-27(14-17-32(41)42)25-10-8-24(9-11-25)6-5-7-29(38-34(44)30-18-19-36-40(30)4)33(43)37-28-15-12-26(13-16-28)31-20-35-22-39(31)3/h8-23,29H,5-7H2,1-4H3,(H,37,43)(H,38,44)/t29-/m0/s1. The third-order valence-electron chi connectivity index (χ3n) is 7.68. The predicted octanol–water partition coefficient (Wildman–Crippen LogP) is 4.99. The van der Waals surface area contributed by atoms with Crippen molar-refractivity contribution in [3.05, 3.63) is 113 Å². The van der Waals surface area contributed by atoms with Crippen LogP contribution in [-0.4, -0.2) is 41.8 Å². The van der Waals surface area contributed by atoms with Gasteiger partial charge in [0.1, 0.15) is 11.7 Å². The minimum atomic E-state index is -0.745. The van der Waals surface area contributed by atoms with E-state index in [0.29, 0.717) is 24.2 Å². The number of carbonyl (C=O) groups excluding carboxylic acids is 2. The van der Waals surface area contributed by atoms with Gasteiger partial charge in [-0.2, -0.15) is 5.10 Å². The van der Waals surface area contributed by atoms with E-state index in [0.717, 1.165) is 34.4 Å². The summed E-state index contributed by atoms with van der Waals surface area (Å²) in [6.07, 6.45) is 8.83. The topological polar surface area (TPSA) is 116 Å². The van der Waals surface area contributed by atoms with Gasteiger partial charge >= 0.3 is 0 Å². The van der Waals surface area contributed by atoms with Gasteiger partial charge in [0.25, 0.3) is 11.5 Å². The lowest BCUT2D eigenvalue weighted by molar-refractivity contribution is -0.118. The van der Waals surface area contributed by atoms with Crippen molar-refractivity contribution in [1.82, 2.24) is 29.2 Å². The molecule has 0 fully saturated rings. The highest BCUT2D eigenvalue weighted by Gasteiger charge is 2.23. The maximum atomic E-state index is 13.4. The molecule has 10 nitrogen and oxygen atoms in total. The zero-order chi connectivity index (χ0) is 31.2. The third-order valence-corrected chi connectivity index (χ3v) is 7.68. The van der Waals surface area contributed by atoms with Crippen LogP contribution in [0.2, 0.25) is 0 Å². The summed E-state index contributed by atoms with van der Waals surface area (Å²) in [7, 11) is 3.62. The summed E-state index contributed by atoms with van der Waals surface area (Å²) in [4.78, 5) is 42.7. The average molecular weight is 592 g/mol. The number of nitrogens with one attached hydrogen (secondary N) is 2. The molecule has 0 spiro atoms. The number of benzene rings is 2. The number of aromatic nitrogens is 5. The van der Waals surface area contributed by atoms with Crippen LogP contribution < -0.4 is 16.2 Å². The summed E-state index contributed by atoms with van der Waals surface area (Å²) in [5.41, 5.74) is 6.08. The molecule has 226 valence electrons.